The van der Waals surface area contributed by atoms with E-state index in [2.05, 4.69) is 74.7 Å². The Morgan fingerprint density at radius 2 is 1.40 bits per heavy atom. The van der Waals surface area contributed by atoms with Gasteiger partial charge in [0, 0.05) is 4.90 Å². The Hall–Kier alpha value is -1.73. The highest BCUT2D eigenvalue weighted by Gasteiger charge is 2.08. The maximum absolute atomic E-state index is 2.30. The minimum absolute atomic E-state index is 1.32. The van der Waals surface area contributed by atoms with E-state index in [0.717, 1.165) is 0 Å². The molecule has 0 fully saturated rings. The lowest BCUT2D eigenvalue weighted by atomic mass is 9.93. The molecule has 0 saturated heterocycles. The van der Waals surface area contributed by atoms with Gasteiger partial charge in [-0.3, -0.25) is 0 Å². The van der Waals surface area contributed by atoms with Crippen molar-refractivity contribution in [1.82, 2.24) is 0 Å². The highest BCUT2D eigenvalue weighted by Crippen LogP contribution is 2.34. The van der Waals surface area contributed by atoms with E-state index in [9.17, 15) is 0 Å². The molecule has 3 rings (SSSR count). The maximum atomic E-state index is 2.30. The first-order valence-corrected chi connectivity index (χ1v) is 8.06. The number of aryl methyl sites for hydroxylation is 2. The molecule has 0 saturated carbocycles. The summed E-state index contributed by atoms with van der Waals surface area (Å²) in [5.74, 6) is 0. The lowest BCUT2D eigenvalue weighted by Gasteiger charge is -2.12. The van der Waals surface area contributed by atoms with E-state index in [0.29, 0.717) is 0 Å². The molecule has 1 heteroatoms. The molecule has 0 heterocycles. The van der Waals surface area contributed by atoms with E-state index < -0.39 is 0 Å². The molecule has 0 atom stereocenters. The van der Waals surface area contributed by atoms with Crippen LogP contribution in [0.1, 0.15) is 11.1 Å². The van der Waals surface area contributed by atoms with Crippen LogP contribution in [0.3, 0.4) is 0 Å². The fourth-order valence-electron chi connectivity index (χ4n) is 2.70. The maximum Gasteiger partial charge on any atom is 0.00754 e. The average Bonchev–Trinajstić information content (AvgIpc) is 2.49. The first-order valence-electron chi connectivity index (χ1n) is 6.84. The Labute approximate surface area is 124 Å². The highest BCUT2D eigenvalue weighted by atomic mass is 32.2. The van der Waals surface area contributed by atoms with Crippen molar-refractivity contribution in [3.63, 3.8) is 0 Å². The monoisotopic (exact) mass is 278 g/mol. The van der Waals surface area contributed by atoms with Crippen molar-refractivity contribution in [3.05, 3.63) is 65.7 Å². The van der Waals surface area contributed by atoms with Crippen LogP contribution in [-0.4, -0.2) is 6.26 Å². The lowest BCUT2D eigenvalue weighted by molar-refractivity contribution is 1.38. The highest BCUT2D eigenvalue weighted by molar-refractivity contribution is 7.98. The van der Waals surface area contributed by atoms with Gasteiger partial charge in [0.2, 0.25) is 0 Å². The third kappa shape index (κ3) is 2.23. The van der Waals surface area contributed by atoms with Crippen LogP contribution in [0.4, 0.5) is 0 Å². The van der Waals surface area contributed by atoms with E-state index in [1.807, 2.05) is 0 Å². The summed E-state index contributed by atoms with van der Waals surface area (Å²) in [6.45, 7) is 4.37. The summed E-state index contributed by atoms with van der Waals surface area (Å²) in [4.78, 5) is 1.32. The van der Waals surface area contributed by atoms with E-state index in [1.165, 1.54) is 37.9 Å². The van der Waals surface area contributed by atoms with Crippen molar-refractivity contribution in [3.8, 4) is 11.1 Å². The Bertz CT molecular complexity index is 772. The zero-order valence-corrected chi connectivity index (χ0v) is 12.9. The van der Waals surface area contributed by atoms with Gasteiger partial charge in [0.25, 0.3) is 0 Å². The molecule has 3 aromatic rings. The molecule has 0 aliphatic carbocycles. The van der Waals surface area contributed by atoms with Gasteiger partial charge in [-0.1, -0.05) is 42.5 Å². The first kappa shape index (κ1) is 13.3. The molecule has 0 spiro atoms. The Morgan fingerprint density at radius 3 is 2.15 bits per heavy atom. The van der Waals surface area contributed by atoms with Gasteiger partial charge in [-0.25, -0.2) is 0 Å². The van der Waals surface area contributed by atoms with Crippen LogP contribution < -0.4 is 0 Å². The van der Waals surface area contributed by atoms with E-state index in [4.69, 9.17) is 0 Å². The van der Waals surface area contributed by atoms with Crippen LogP contribution in [0, 0.1) is 13.8 Å². The number of hydrogen-bond acceptors (Lipinski definition) is 1. The second-order valence-corrected chi connectivity index (χ2v) is 6.04. The molecule has 20 heavy (non-hydrogen) atoms. The van der Waals surface area contributed by atoms with Crippen molar-refractivity contribution >= 4 is 22.5 Å². The summed E-state index contributed by atoms with van der Waals surface area (Å²) in [5.41, 5.74) is 5.34. The molecular weight excluding hydrogens is 260 g/mol. The minimum atomic E-state index is 1.32. The van der Waals surface area contributed by atoms with Gasteiger partial charge in [0.15, 0.2) is 0 Å². The van der Waals surface area contributed by atoms with Crippen LogP contribution >= 0.6 is 11.8 Å². The topological polar surface area (TPSA) is 0 Å². The average molecular weight is 278 g/mol. The van der Waals surface area contributed by atoms with Gasteiger partial charge in [-0.05, 0) is 65.3 Å². The number of benzene rings is 3. The van der Waals surface area contributed by atoms with Gasteiger partial charge in [-0.15, -0.1) is 11.8 Å². The van der Waals surface area contributed by atoms with E-state index in [-0.39, 0.29) is 0 Å². The van der Waals surface area contributed by atoms with Gasteiger partial charge < -0.3 is 0 Å². The van der Waals surface area contributed by atoms with Gasteiger partial charge in [0.05, 0.1) is 0 Å². The summed E-state index contributed by atoms with van der Waals surface area (Å²) in [6.07, 6.45) is 2.13. The number of fused-ring (bicyclic) bond motifs is 1. The molecule has 0 bridgehead atoms. The molecule has 0 amide bonds. The summed E-state index contributed by atoms with van der Waals surface area (Å²) < 4.78 is 0. The molecule has 0 unspecified atom stereocenters. The van der Waals surface area contributed by atoms with Crippen LogP contribution in [0.5, 0.6) is 0 Å². The molecule has 0 aliphatic rings. The third-order valence-electron chi connectivity index (χ3n) is 3.88. The molecule has 0 radical (unpaired) electrons. The summed E-state index contributed by atoms with van der Waals surface area (Å²) in [6, 6.07) is 19.9. The molecule has 0 aromatic heterocycles. The van der Waals surface area contributed by atoms with Crippen LogP contribution in [0.25, 0.3) is 21.9 Å². The smallest absolute Gasteiger partial charge is 0.00754 e. The van der Waals surface area contributed by atoms with Crippen molar-refractivity contribution in [1.29, 1.82) is 0 Å². The van der Waals surface area contributed by atoms with Gasteiger partial charge in [-0.2, -0.15) is 0 Å². The minimum Gasteiger partial charge on any atom is -0.130 e. The van der Waals surface area contributed by atoms with Crippen molar-refractivity contribution in [2.75, 3.05) is 6.26 Å². The largest absolute Gasteiger partial charge is 0.130 e. The second kappa shape index (κ2) is 5.34. The molecule has 0 aliphatic heterocycles. The van der Waals surface area contributed by atoms with Crippen LogP contribution in [-0.2, 0) is 0 Å². The Kier molecular flexibility index (Phi) is 3.54. The summed E-state index contributed by atoms with van der Waals surface area (Å²) in [5, 5.41) is 2.69. The fraction of sp³-hybridized carbons (Fsp3) is 0.158. The lowest BCUT2D eigenvalue weighted by Crippen LogP contribution is -1.88. The normalized spacial score (nSPS) is 10.9. The number of hydrogen-bond donors (Lipinski definition) is 0. The summed E-state index contributed by atoms with van der Waals surface area (Å²) >= 11 is 1.79. The molecule has 0 N–H and O–H groups in total. The fourth-order valence-corrected chi connectivity index (χ4v) is 3.14. The molecule has 3 aromatic carbocycles. The van der Waals surface area contributed by atoms with Gasteiger partial charge >= 0.3 is 0 Å². The van der Waals surface area contributed by atoms with Crippen LogP contribution in [0.2, 0.25) is 0 Å². The van der Waals surface area contributed by atoms with Crippen molar-refractivity contribution < 1.29 is 0 Å². The van der Waals surface area contributed by atoms with Crippen molar-refractivity contribution in [2.24, 2.45) is 0 Å². The zero-order valence-electron chi connectivity index (χ0n) is 12.1. The molecular formula is C19H18S. The SMILES string of the molecule is CSc1ccc(C)c(-c2ccc(C)c3ccccc23)c1. The van der Waals surface area contributed by atoms with Crippen molar-refractivity contribution in [2.45, 2.75) is 18.7 Å². The second-order valence-electron chi connectivity index (χ2n) is 5.16. The Morgan fingerprint density at radius 1 is 0.700 bits per heavy atom. The van der Waals surface area contributed by atoms with E-state index in [1.54, 1.807) is 11.8 Å². The number of rotatable bonds is 2. The zero-order chi connectivity index (χ0) is 14.1. The first-order chi connectivity index (χ1) is 9.70. The predicted molar refractivity (Wildman–Crippen MR) is 90.6 cm³/mol. The number of thioether (sulfide) groups is 1. The standard InChI is InChI=1S/C19H18S/c1-13-9-11-18(17-7-5-4-6-16(13)17)19-12-15(20-3)10-8-14(19)2/h4-12H,1-3H3. The Balaban J connectivity index is 2.33. The predicted octanol–water partition coefficient (Wildman–Crippen LogP) is 5.85. The summed E-state index contributed by atoms with van der Waals surface area (Å²) in [7, 11) is 0. The quantitative estimate of drug-likeness (QED) is 0.530. The van der Waals surface area contributed by atoms with Crippen LogP contribution in [0.15, 0.2) is 59.5 Å². The van der Waals surface area contributed by atoms with Gasteiger partial charge in [0.1, 0.15) is 0 Å². The molecule has 0 nitrogen and oxygen atoms in total. The molecule has 100 valence electrons. The third-order valence-corrected chi connectivity index (χ3v) is 4.60. The van der Waals surface area contributed by atoms with E-state index >= 15 is 0 Å².